The molecule has 0 radical (unpaired) electrons. The minimum Gasteiger partial charge on any atom is -0.507 e. The fourth-order valence-electron chi connectivity index (χ4n) is 6.19. The van der Waals surface area contributed by atoms with E-state index in [0.717, 1.165) is 44.5 Å². The fraction of sp³-hybridized carbons (Fsp3) is 0.184. The lowest BCUT2D eigenvalue weighted by molar-refractivity contribution is 0.101. The van der Waals surface area contributed by atoms with Crippen LogP contribution in [-0.4, -0.2) is 26.2 Å². The van der Waals surface area contributed by atoms with Gasteiger partial charge in [-0.25, -0.2) is 0 Å². The summed E-state index contributed by atoms with van der Waals surface area (Å²) >= 11 is 15.3. The first-order valence-corrected chi connectivity index (χ1v) is 20.7. The molecule has 0 aromatic heterocycles. The van der Waals surface area contributed by atoms with E-state index in [0.29, 0.717) is 28.3 Å². The molecule has 0 amide bonds. The molecule has 5 nitrogen and oxygen atoms in total. The predicted octanol–water partition coefficient (Wildman–Crippen LogP) is 11.3. The van der Waals surface area contributed by atoms with Gasteiger partial charge < -0.3 is 20.4 Å². The first-order valence-electron chi connectivity index (χ1n) is 14.9. The minimum atomic E-state index is -0.891. The van der Waals surface area contributed by atoms with Crippen LogP contribution in [-0.2, 0) is 10.8 Å². The van der Waals surface area contributed by atoms with Gasteiger partial charge in [0.05, 0.1) is 17.9 Å². The van der Waals surface area contributed by atoms with Crippen LogP contribution in [0.25, 0.3) is 0 Å². The first kappa shape index (κ1) is 39.2. The average molecular weight is 1230 g/mol. The average Bonchev–Trinajstić information content (AvgIpc) is 3.05. The molecule has 0 aliphatic heterocycles. The molecule has 0 spiro atoms. The lowest BCUT2D eigenvalue weighted by atomic mass is 9.66. The van der Waals surface area contributed by atoms with Crippen LogP contribution in [0, 0.1) is 31.7 Å². The summed E-state index contributed by atoms with van der Waals surface area (Å²) in [7, 11) is 0. The van der Waals surface area contributed by atoms with Crippen molar-refractivity contribution in [1.29, 1.82) is 0 Å². The maximum Gasteiger partial charge on any atom is 0.159 e. The van der Waals surface area contributed by atoms with Gasteiger partial charge in [0.1, 0.15) is 23.0 Å². The van der Waals surface area contributed by atoms with E-state index in [-0.39, 0.29) is 28.8 Å². The third-order valence-electron chi connectivity index (χ3n) is 9.37. The summed E-state index contributed by atoms with van der Waals surface area (Å²) in [6.45, 7) is 9.50. The standard InChI is InChI=1S/C38H31I5O5S/c1-17-6-21(11-27(39)33(17)45)37(4,22-7-18(2)34(46)28(40)12-22)23-8-20(19(3)44)9-24(10-23)38(5,25-13-29(41)35(47)30(42)14-25)26-15-31(43)36(48)32(49)16-26/h6-16,45-49H,1-5H3. The monoisotopic (exact) mass is 1230 g/mol. The maximum absolute atomic E-state index is 13.4. The highest BCUT2D eigenvalue weighted by molar-refractivity contribution is 14.1. The summed E-state index contributed by atoms with van der Waals surface area (Å²) in [6, 6.07) is 21.6. The Bertz CT molecular complexity index is 1830. The molecule has 5 aromatic carbocycles. The maximum atomic E-state index is 13.4. The SMILES string of the molecule is CC(=O)c1cc(C(C)(c2cc(C)c(O)c(I)c2)c2cc(C)c(O)c(I)c2)cc(C(C)(c2cc(S)c(O)c(I)c2)c2cc(I)c(O)c(I)c2)c1. The van der Waals surface area contributed by atoms with Crippen molar-refractivity contribution in [3.63, 3.8) is 0 Å². The van der Waals surface area contributed by atoms with E-state index in [9.17, 15) is 25.2 Å². The van der Waals surface area contributed by atoms with Gasteiger partial charge in [0.2, 0.25) is 0 Å². The van der Waals surface area contributed by atoms with Crippen LogP contribution in [0.3, 0.4) is 0 Å². The number of phenolic OH excluding ortho intramolecular Hbond substituents is 4. The largest absolute Gasteiger partial charge is 0.507 e. The predicted molar refractivity (Wildman–Crippen MR) is 240 cm³/mol. The molecule has 0 fully saturated rings. The topological polar surface area (TPSA) is 98.0 Å². The first-order chi connectivity index (χ1) is 22.8. The van der Waals surface area contributed by atoms with Crippen LogP contribution < -0.4 is 0 Å². The van der Waals surface area contributed by atoms with E-state index in [4.69, 9.17) is 0 Å². The molecule has 0 saturated carbocycles. The zero-order chi connectivity index (χ0) is 36.3. The van der Waals surface area contributed by atoms with Gasteiger partial charge in [0, 0.05) is 21.3 Å². The van der Waals surface area contributed by atoms with Gasteiger partial charge in [-0.2, -0.15) is 0 Å². The molecule has 1 atom stereocenters. The Morgan fingerprint density at radius 2 is 0.816 bits per heavy atom. The number of rotatable bonds is 7. The second-order valence-electron chi connectivity index (χ2n) is 12.5. The van der Waals surface area contributed by atoms with Gasteiger partial charge in [0.15, 0.2) is 5.78 Å². The lowest BCUT2D eigenvalue weighted by Gasteiger charge is -2.37. The molecule has 0 bridgehead atoms. The zero-order valence-electron chi connectivity index (χ0n) is 26.9. The summed E-state index contributed by atoms with van der Waals surface area (Å²) in [5, 5.41) is 43.0. The number of benzene rings is 5. The van der Waals surface area contributed by atoms with E-state index in [1.807, 2.05) is 74.5 Å². The van der Waals surface area contributed by atoms with Gasteiger partial charge >= 0.3 is 0 Å². The molecule has 49 heavy (non-hydrogen) atoms. The van der Waals surface area contributed by atoms with E-state index in [2.05, 4.69) is 145 Å². The summed E-state index contributed by atoms with van der Waals surface area (Å²) in [5.41, 5.74) is 5.42. The van der Waals surface area contributed by atoms with Crippen molar-refractivity contribution in [2.24, 2.45) is 0 Å². The van der Waals surface area contributed by atoms with Crippen LogP contribution >= 0.6 is 126 Å². The van der Waals surface area contributed by atoms with Gasteiger partial charge in [0.25, 0.3) is 0 Å². The van der Waals surface area contributed by atoms with E-state index < -0.39 is 10.8 Å². The smallest absolute Gasteiger partial charge is 0.159 e. The van der Waals surface area contributed by atoms with E-state index in [1.165, 1.54) is 0 Å². The number of halogens is 5. The molecule has 5 rings (SSSR count). The van der Waals surface area contributed by atoms with Crippen LogP contribution in [0.2, 0.25) is 0 Å². The van der Waals surface area contributed by atoms with Crippen LogP contribution in [0.4, 0.5) is 0 Å². The molecule has 254 valence electrons. The molecule has 1 unspecified atom stereocenters. The third-order valence-corrected chi connectivity index (χ3v) is 13.8. The number of thiol groups is 1. The molecule has 5 aromatic rings. The van der Waals surface area contributed by atoms with Crippen molar-refractivity contribution in [3.8, 4) is 23.0 Å². The number of aryl methyl sites for hydroxylation is 2. The number of Topliss-reactive ketones (excluding diaryl/α,β-unsaturated/α-hetero) is 1. The van der Waals surface area contributed by atoms with Crippen molar-refractivity contribution in [3.05, 3.63) is 135 Å². The van der Waals surface area contributed by atoms with Crippen LogP contribution in [0.15, 0.2) is 71.6 Å². The second kappa shape index (κ2) is 14.8. The van der Waals surface area contributed by atoms with Crippen LogP contribution in [0.5, 0.6) is 23.0 Å². The van der Waals surface area contributed by atoms with Gasteiger partial charge in [-0.1, -0.05) is 18.2 Å². The number of phenols is 4. The van der Waals surface area contributed by atoms with Gasteiger partial charge in [-0.15, -0.1) is 12.6 Å². The fourth-order valence-corrected chi connectivity index (χ4v) is 10.6. The summed E-state index contributed by atoms with van der Waals surface area (Å²) in [6.07, 6.45) is 0. The molecular weight excluding hydrogens is 1200 g/mol. The molecule has 0 saturated heterocycles. The number of hydrogen-bond donors (Lipinski definition) is 5. The number of carbonyl (C=O) groups excluding carboxylic acids is 1. The number of carbonyl (C=O) groups is 1. The minimum absolute atomic E-state index is 0.0882. The Labute approximate surface area is 359 Å². The molecule has 0 heterocycles. The Hall–Kier alpha value is -1.03. The second-order valence-corrected chi connectivity index (χ2v) is 18.8. The highest BCUT2D eigenvalue weighted by Crippen LogP contribution is 2.48. The summed E-state index contributed by atoms with van der Waals surface area (Å²) in [5.74, 6) is 0.615. The number of ketones is 1. The third kappa shape index (κ3) is 7.19. The number of hydrogen-bond acceptors (Lipinski definition) is 6. The lowest BCUT2D eigenvalue weighted by Crippen LogP contribution is -2.30. The molecular formula is C38H31I5O5S. The number of aromatic hydroxyl groups is 4. The Kier molecular flexibility index (Phi) is 11.8. The van der Waals surface area contributed by atoms with Crippen molar-refractivity contribution in [2.45, 2.75) is 50.3 Å². The Balaban J connectivity index is 1.97. The Morgan fingerprint density at radius 3 is 1.16 bits per heavy atom. The van der Waals surface area contributed by atoms with Gasteiger partial charge in [-0.3, -0.25) is 4.79 Å². The molecule has 0 aliphatic carbocycles. The van der Waals surface area contributed by atoms with Crippen LogP contribution in [0.1, 0.15) is 75.6 Å². The van der Waals surface area contributed by atoms with E-state index in [1.54, 1.807) is 6.92 Å². The van der Waals surface area contributed by atoms with Crippen molar-refractivity contribution >= 4 is 131 Å². The molecule has 0 aliphatic rings. The summed E-state index contributed by atoms with van der Waals surface area (Å²) < 4.78 is 3.39. The van der Waals surface area contributed by atoms with E-state index >= 15 is 0 Å². The van der Waals surface area contributed by atoms with Gasteiger partial charge in [-0.05, 0) is 241 Å². The molecule has 11 heteroatoms. The quantitative estimate of drug-likeness (QED) is 0.0484. The van der Waals surface area contributed by atoms with Crippen molar-refractivity contribution < 1.29 is 25.2 Å². The van der Waals surface area contributed by atoms with Crippen molar-refractivity contribution in [2.75, 3.05) is 0 Å². The van der Waals surface area contributed by atoms with Crippen molar-refractivity contribution in [1.82, 2.24) is 0 Å². The highest BCUT2D eigenvalue weighted by atomic mass is 127. The normalized spacial score (nSPS) is 13.0. The zero-order valence-corrected chi connectivity index (χ0v) is 38.6. The molecule has 4 N–H and O–H groups in total. The Morgan fingerprint density at radius 1 is 0.510 bits per heavy atom. The highest BCUT2D eigenvalue weighted by Gasteiger charge is 2.38. The summed E-state index contributed by atoms with van der Waals surface area (Å²) in [4.78, 5) is 13.8.